The normalized spacial score (nSPS) is 20.0. The van der Waals surface area contributed by atoms with E-state index in [1.807, 2.05) is 24.3 Å². The fraction of sp³-hybridized carbons (Fsp3) is 0.333. The molecule has 0 radical (unpaired) electrons. The first kappa shape index (κ1) is 17.9. The molecular weight excluding hydrogens is 353 g/mol. The molecule has 2 aromatic rings. The van der Waals surface area contributed by atoms with Gasteiger partial charge in [0.25, 0.3) is 0 Å². The average molecular weight is 370 g/mol. The lowest BCUT2D eigenvalue weighted by molar-refractivity contribution is -0.274. The molecule has 0 fully saturated rings. The molecule has 2 unspecified atom stereocenters. The number of rotatable bonds is 4. The highest BCUT2D eigenvalue weighted by atomic mass is 32.2. The number of hydrogen-bond donors (Lipinski definition) is 0. The average Bonchev–Trinajstić information content (AvgIpc) is 2.59. The predicted molar refractivity (Wildman–Crippen MR) is 89.9 cm³/mol. The molecule has 0 amide bonds. The molecular formula is C18H17F3O3S. The van der Waals surface area contributed by atoms with E-state index >= 15 is 0 Å². The van der Waals surface area contributed by atoms with Crippen LogP contribution in [0.1, 0.15) is 28.0 Å². The van der Waals surface area contributed by atoms with Gasteiger partial charge < -0.3 is 14.2 Å². The molecule has 3 nitrogen and oxygen atoms in total. The molecule has 0 saturated carbocycles. The van der Waals surface area contributed by atoms with E-state index in [1.54, 1.807) is 32.0 Å². The summed E-state index contributed by atoms with van der Waals surface area (Å²) in [5.74, 6) is 1.15. The van der Waals surface area contributed by atoms with Crippen LogP contribution in [0.15, 0.2) is 42.5 Å². The molecule has 1 aliphatic heterocycles. The summed E-state index contributed by atoms with van der Waals surface area (Å²) in [4.78, 5) is 0. The van der Waals surface area contributed by atoms with Crippen LogP contribution in [0.3, 0.4) is 0 Å². The van der Waals surface area contributed by atoms with E-state index in [1.165, 1.54) is 12.1 Å². The topological polar surface area (TPSA) is 27.7 Å². The Kier molecular flexibility index (Phi) is 5.15. The lowest BCUT2D eigenvalue weighted by Crippen LogP contribution is -2.19. The number of methoxy groups -OCH3 is 2. The fourth-order valence-electron chi connectivity index (χ4n) is 2.93. The Morgan fingerprint density at radius 3 is 2.28 bits per heavy atom. The Bertz CT molecular complexity index is 731. The zero-order chi connectivity index (χ0) is 18.0. The molecule has 0 spiro atoms. The van der Waals surface area contributed by atoms with Crippen molar-refractivity contribution < 1.29 is 27.4 Å². The van der Waals surface area contributed by atoms with Gasteiger partial charge in [0.15, 0.2) is 0 Å². The molecule has 0 N–H and O–H groups in total. The highest BCUT2D eigenvalue weighted by Gasteiger charge is 2.34. The summed E-state index contributed by atoms with van der Waals surface area (Å²) < 4.78 is 52.0. The highest BCUT2D eigenvalue weighted by molar-refractivity contribution is 7.98. The monoisotopic (exact) mass is 370 g/mol. The number of ether oxygens (including phenoxy) is 3. The lowest BCUT2D eigenvalue weighted by Gasteiger charge is -2.33. The second kappa shape index (κ2) is 7.17. The van der Waals surface area contributed by atoms with Crippen molar-refractivity contribution in [1.29, 1.82) is 0 Å². The Balaban J connectivity index is 1.88. The van der Waals surface area contributed by atoms with Crippen molar-refractivity contribution in [2.75, 3.05) is 14.2 Å². The lowest BCUT2D eigenvalue weighted by atomic mass is 9.96. The summed E-state index contributed by atoms with van der Waals surface area (Å²) in [6, 6.07) is 12.2. The number of alkyl halides is 3. The largest absolute Gasteiger partial charge is 0.573 e. The first-order valence-corrected chi connectivity index (χ1v) is 8.63. The molecule has 0 saturated heterocycles. The summed E-state index contributed by atoms with van der Waals surface area (Å²) >= 11 is 1.63. The number of benzene rings is 2. The Hall–Kier alpha value is -1.86. The third-order valence-electron chi connectivity index (χ3n) is 4.05. The molecule has 1 aliphatic rings. The maximum atomic E-state index is 12.4. The Morgan fingerprint density at radius 1 is 1.00 bits per heavy atom. The molecule has 0 aliphatic carbocycles. The SMILES string of the molecule is COc1ccc(C2SCc3cc(OC(F)(F)F)ccc3C2OC)cc1. The smallest absolute Gasteiger partial charge is 0.497 e. The van der Waals surface area contributed by atoms with Gasteiger partial charge >= 0.3 is 6.36 Å². The third-order valence-corrected chi connectivity index (χ3v) is 5.40. The van der Waals surface area contributed by atoms with Crippen molar-refractivity contribution in [2.24, 2.45) is 0 Å². The molecule has 7 heteroatoms. The van der Waals surface area contributed by atoms with Crippen molar-refractivity contribution in [3.05, 3.63) is 59.2 Å². The van der Waals surface area contributed by atoms with Gasteiger partial charge in [0, 0.05) is 12.9 Å². The third kappa shape index (κ3) is 4.04. The van der Waals surface area contributed by atoms with E-state index in [-0.39, 0.29) is 17.1 Å². The van der Waals surface area contributed by atoms with Crippen LogP contribution in [-0.4, -0.2) is 20.6 Å². The summed E-state index contributed by atoms with van der Waals surface area (Å²) in [6.45, 7) is 0. The van der Waals surface area contributed by atoms with E-state index in [9.17, 15) is 13.2 Å². The van der Waals surface area contributed by atoms with Gasteiger partial charge in [-0.15, -0.1) is 24.9 Å². The van der Waals surface area contributed by atoms with Crippen LogP contribution in [0.25, 0.3) is 0 Å². The second-order valence-electron chi connectivity index (χ2n) is 5.57. The van der Waals surface area contributed by atoms with E-state index < -0.39 is 6.36 Å². The zero-order valence-corrected chi connectivity index (χ0v) is 14.5. The van der Waals surface area contributed by atoms with Crippen LogP contribution in [0.5, 0.6) is 11.5 Å². The van der Waals surface area contributed by atoms with Crippen LogP contribution >= 0.6 is 11.8 Å². The quantitative estimate of drug-likeness (QED) is 0.733. The van der Waals surface area contributed by atoms with Gasteiger partial charge in [0.05, 0.1) is 18.5 Å². The predicted octanol–water partition coefficient (Wildman–Crippen LogP) is 5.27. The molecule has 2 atom stereocenters. The van der Waals surface area contributed by atoms with Crippen molar-refractivity contribution in [3.8, 4) is 11.5 Å². The van der Waals surface area contributed by atoms with Crippen LogP contribution in [0, 0.1) is 0 Å². The first-order valence-electron chi connectivity index (χ1n) is 7.58. The number of halogens is 3. The minimum atomic E-state index is -4.69. The van der Waals surface area contributed by atoms with Crippen LogP contribution in [0.2, 0.25) is 0 Å². The number of thioether (sulfide) groups is 1. The van der Waals surface area contributed by atoms with Gasteiger partial charge in [0.2, 0.25) is 0 Å². The van der Waals surface area contributed by atoms with Crippen molar-refractivity contribution in [2.45, 2.75) is 23.5 Å². The van der Waals surface area contributed by atoms with Crippen molar-refractivity contribution in [1.82, 2.24) is 0 Å². The maximum absolute atomic E-state index is 12.4. The fourth-order valence-corrected chi connectivity index (χ4v) is 4.32. The van der Waals surface area contributed by atoms with Crippen LogP contribution in [0.4, 0.5) is 13.2 Å². The highest BCUT2D eigenvalue weighted by Crippen LogP contribution is 2.49. The molecule has 1 heterocycles. The van der Waals surface area contributed by atoms with Gasteiger partial charge in [-0.2, -0.15) is 0 Å². The minimum Gasteiger partial charge on any atom is -0.497 e. The standard InChI is InChI=1S/C18H17F3O3S/c1-22-13-5-3-11(4-6-13)17-16(23-2)15-8-7-14(24-18(19,20)21)9-12(15)10-25-17/h3-9,16-17H,10H2,1-2H3. The molecule has 0 bridgehead atoms. The van der Waals surface area contributed by atoms with Crippen LogP contribution < -0.4 is 9.47 Å². The van der Waals surface area contributed by atoms with E-state index in [0.717, 1.165) is 22.4 Å². The Labute approximate surface area is 148 Å². The van der Waals surface area contributed by atoms with Crippen molar-refractivity contribution >= 4 is 11.8 Å². The summed E-state index contributed by atoms with van der Waals surface area (Å²) in [7, 11) is 3.22. The molecule has 134 valence electrons. The number of hydrogen-bond acceptors (Lipinski definition) is 4. The summed E-state index contributed by atoms with van der Waals surface area (Å²) in [6.07, 6.45) is -4.94. The second-order valence-corrected chi connectivity index (χ2v) is 6.70. The zero-order valence-electron chi connectivity index (χ0n) is 13.7. The molecule has 25 heavy (non-hydrogen) atoms. The molecule has 0 aromatic heterocycles. The maximum Gasteiger partial charge on any atom is 0.573 e. The van der Waals surface area contributed by atoms with E-state index in [4.69, 9.17) is 9.47 Å². The number of fused-ring (bicyclic) bond motifs is 1. The first-order chi connectivity index (χ1) is 11.9. The van der Waals surface area contributed by atoms with E-state index in [2.05, 4.69) is 4.74 Å². The molecule has 3 rings (SSSR count). The van der Waals surface area contributed by atoms with Gasteiger partial charge in [0.1, 0.15) is 11.5 Å². The van der Waals surface area contributed by atoms with Crippen LogP contribution in [-0.2, 0) is 10.5 Å². The Morgan fingerprint density at radius 2 is 1.68 bits per heavy atom. The minimum absolute atomic E-state index is 0.0535. The van der Waals surface area contributed by atoms with E-state index in [0.29, 0.717) is 5.75 Å². The van der Waals surface area contributed by atoms with Gasteiger partial charge in [-0.25, -0.2) is 0 Å². The molecule has 2 aromatic carbocycles. The van der Waals surface area contributed by atoms with Gasteiger partial charge in [-0.05, 0) is 41.0 Å². The summed E-state index contributed by atoms with van der Waals surface area (Å²) in [5.41, 5.74) is 2.76. The van der Waals surface area contributed by atoms with Gasteiger partial charge in [-0.1, -0.05) is 18.2 Å². The van der Waals surface area contributed by atoms with Gasteiger partial charge in [-0.3, -0.25) is 0 Å². The van der Waals surface area contributed by atoms with Crippen molar-refractivity contribution in [3.63, 3.8) is 0 Å². The summed E-state index contributed by atoms with van der Waals surface area (Å²) in [5, 5.41) is 0.0535.